The number of hydrogen-bond donors (Lipinski definition) is 1. The quantitative estimate of drug-likeness (QED) is 0.923. The predicted octanol–water partition coefficient (Wildman–Crippen LogP) is 2.76. The van der Waals surface area contributed by atoms with Gasteiger partial charge in [-0.05, 0) is 25.2 Å². The molecular weight excluding hydrogens is 252 g/mol. The highest BCUT2D eigenvalue weighted by Gasteiger charge is 1.98. The SMILES string of the molecule is CNCCc1ccc2ccc(Br)cc2n1. The largest absolute Gasteiger partial charge is 0.319 e. The van der Waals surface area contributed by atoms with Crippen LogP contribution in [0, 0.1) is 0 Å². The number of likely N-dealkylation sites (N-methyl/N-ethyl adjacent to an activating group) is 1. The van der Waals surface area contributed by atoms with Crippen molar-refractivity contribution in [2.75, 3.05) is 13.6 Å². The molecule has 0 radical (unpaired) electrons. The number of halogens is 1. The van der Waals surface area contributed by atoms with Crippen molar-refractivity contribution in [2.45, 2.75) is 6.42 Å². The van der Waals surface area contributed by atoms with Crippen LogP contribution in [0.2, 0.25) is 0 Å². The van der Waals surface area contributed by atoms with Gasteiger partial charge >= 0.3 is 0 Å². The van der Waals surface area contributed by atoms with E-state index >= 15 is 0 Å². The van der Waals surface area contributed by atoms with Crippen molar-refractivity contribution in [2.24, 2.45) is 0 Å². The summed E-state index contributed by atoms with van der Waals surface area (Å²) >= 11 is 3.46. The lowest BCUT2D eigenvalue weighted by Gasteiger charge is -2.03. The van der Waals surface area contributed by atoms with Crippen molar-refractivity contribution in [3.63, 3.8) is 0 Å². The highest BCUT2D eigenvalue weighted by Crippen LogP contribution is 2.18. The second-order valence-electron chi connectivity index (χ2n) is 3.49. The lowest BCUT2D eigenvalue weighted by atomic mass is 10.2. The second-order valence-corrected chi connectivity index (χ2v) is 4.41. The molecule has 0 unspecified atom stereocenters. The van der Waals surface area contributed by atoms with Crippen LogP contribution in [-0.2, 0) is 6.42 Å². The number of nitrogens with one attached hydrogen (secondary N) is 1. The van der Waals surface area contributed by atoms with Crippen LogP contribution in [0.1, 0.15) is 5.69 Å². The van der Waals surface area contributed by atoms with E-state index in [1.165, 1.54) is 5.39 Å². The number of hydrogen-bond acceptors (Lipinski definition) is 2. The third-order valence-electron chi connectivity index (χ3n) is 2.34. The first-order valence-electron chi connectivity index (χ1n) is 4.99. The Morgan fingerprint density at radius 3 is 2.87 bits per heavy atom. The number of pyridine rings is 1. The van der Waals surface area contributed by atoms with Gasteiger partial charge in [0.2, 0.25) is 0 Å². The maximum absolute atomic E-state index is 4.60. The predicted molar refractivity (Wildman–Crippen MR) is 67.1 cm³/mol. The molecule has 2 rings (SSSR count). The summed E-state index contributed by atoms with van der Waals surface area (Å²) in [5.74, 6) is 0. The van der Waals surface area contributed by atoms with Gasteiger partial charge in [0.15, 0.2) is 0 Å². The summed E-state index contributed by atoms with van der Waals surface area (Å²) in [5.41, 5.74) is 2.19. The van der Waals surface area contributed by atoms with Gasteiger partial charge in [0.1, 0.15) is 0 Å². The molecule has 3 heteroatoms. The molecule has 0 aliphatic heterocycles. The maximum Gasteiger partial charge on any atom is 0.0716 e. The minimum absolute atomic E-state index is 0.965. The van der Waals surface area contributed by atoms with Crippen molar-refractivity contribution in [1.29, 1.82) is 0 Å². The van der Waals surface area contributed by atoms with Crippen LogP contribution in [0.15, 0.2) is 34.8 Å². The fourth-order valence-electron chi connectivity index (χ4n) is 1.52. The molecule has 2 aromatic rings. The molecule has 1 aromatic heterocycles. The van der Waals surface area contributed by atoms with Crippen molar-refractivity contribution in [3.05, 3.63) is 40.5 Å². The third-order valence-corrected chi connectivity index (χ3v) is 2.84. The molecule has 0 atom stereocenters. The van der Waals surface area contributed by atoms with Gasteiger partial charge in [-0.3, -0.25) is 4.98 Å². The number of nitrogens with zero attached hydrogens (tertiary/aromatic N) is 1. The van der Waals surface area contributed by atoms with Crippen LogP contribution in [0.25, 0.3) is 10.9 Å². The molecule has 1 heterocycles. The number of aromatic nitrogens is 1. The molecule has 0 amide bonds. The van der Waals surface area contributed by atoms with Crippen molar-refractivity contribution < 1.29 is 0 Å². The average Bonchev–Trinajstić information content (AvgIpc) is 2.25. The topological polar surface area (TPSA) is 24.9 Å². The van der Waals surface area contributed by atoms with E-state index in [9.17, 15) is 0 Å². The Hall–Kier alpha value is -0.930. The van der Waals surface area contributed by atoms with Gasteiger partial charge in [-0.2, -0.15) is 0 Å². The number of fused-ring (bicyclic) bond motifs is 1. The van der Waals surface area contributed by atoms with E-state index in [1.807, 2.05) is 13.1 Å². The molecule has 0 bridgehead atoms. The van der Waals surface area contributed by atoms with Gasteiger partial charge in [-0.1, -0.05) is 28.1 Å². The number of rotatable bonds is 3. The van der Waals surface area contributed by atoms with E-state index < -0.39 is 0 Å². The molecule has 0 aliphatic rings. The summed E-state index contributed by atoms with van der Waals surface area (Å²) in [4.78, 5) is 4.60. The van der Waals surface area contributed by atoms with Crippen molar-refractivity contribution in [3.8, 4) is 0 Å². The molecule has 0 saturated carbocycles. The van der Waals surface area contributed by atoms with E-state index in [-0.39, 0.29) is 0 Å². The molecular formula is C12H13BrN2. The zero-order chi connectivity index (χ0) is 10.7. The van der Waals surface area contributed by atoms with Gasteiger partial charge in [0.25, 0.3) is 0 Å². The third kappa shape index (κ3) is 2.55. The summed E-state index contributed by atoms with van der Waals surface area (Å²) in [7, 11) is 1.96. The van der Waals surface area contributed by atoms with E-state index in [0.29, 0.717) is 0 Å². The monoisotopic (exact) mass is 264 g/mol. The molecule has 0 aliphatic carbocycles. The first-order valence-corrected chi connectivity index (χ1v) is 5.79. The average molecular weight is 265 g/mol. The van der Waals surface area contributed by atoms with Crippen LogP contribution in [0.3, 0.4) is 0 Å². The zero-order valence-corrected chi connectivity index (χ0v) is 10.2. The lowest BCUT2D eigenvalue weighted by molar-refractivity contribution is 0.779. The van der Waals surface area contributed by atoms with Crippen LogP contribution in [-0.4, -0.2) is 18.6 Å². The van der Waals surface area contributed by atoms with E-state index in [2.05, 4.69) is 50.5 Å². The van der Waals surface area contributed by atoms with Crippen LogP contribution in [0.4, 0.5) is 0 Å². The van der Waals surface area contributed by atoms with Gasteiger partial charge in [-0.25, -0.2) is 0 Å². The van der Waals surface area contributed by atoms with Gasteiger partial charge < -0.3 is 5.32 Å². The first-order chi connectivity index (χ1) is 7.29. The summed E-state index contributed by atoms with van der Waals surface area (Å²) in [6.07, 6.45) is 0.971. The highest BCUT2D eigenvalue weighted by atomic mass is 79.9. The molecule has 1 aromatic carbocycles. The summed E-state index contributed by atoms with van der Waals surface area (Å²) < 4.78 is 1.08. The van der Waals surface area contributed by atoms with Crippen molar-refractivity contribution in [1.82, 2.24) is 10.3 Å². The Balaban J connectivity index is 2.36. The molecule has 78 valence electrons. The summed E-state index contributed by atoms with van der Waals surface area (Å²) in [6, 6.07) is 10.4. The minimum atomic E-state index is 0.965. The minimum Gasteiger partial charge on any atom is -0.319 e. The lowest BCUT2D eigenvalue weighted by Crippen LogP contribution is -2.11. The first kappa shape index (κ1) is 10.6. The fourth-order valence-corrected chi connectivity index (χ4v) is 1.87. The summed E-state index contributed by atoms with van der Waals surface area (Å²) in [5, 5.41) is 4.31. The molecule has 0 fully saturated rings. The Labute approximate surface area is 97.8 Å². The Bertz CT molecular complexity index is 468. The molecule has 2 nitrogen and oxygen atoms in total. The Morgan fingerprint density at radius 1 is 1.27 bits per heavy atom. The second kappa shape index (κ2) is 4.73. The standard InChI is InChI=1S/C12H13BrN2/c1-14-7-6-11-5-3-9-2-4-10(13)8-12(9)15-11/h2-5,8,14H,6-7H2,1H3. The Morgan fingerprint density at radius 2 is 2.07 bits per heavy atom. The van der Waals surface area contributed by atoms with Gasteiger partial charge in [-0.15, -0.1) is 0 Å². The normalized spacial score (nSPS) is 10.8. The highest BCUT2D eigenvalue weighted by molar-refractivity contribution is 9.10. The maximum atomic E-state index is 4.60. The van der Waals surface area contributed by atoms with Gasteiger partial charge in [0, 0.05) is 28.5 Å². The fraction of sp³-hybridized carbons (Fsp3) is 0.250. The molecule has 0 spiro atoms. The molecule has 0 saturated heterocycles. The van der Waals surface area contributed by atoms with E-state index in [0.717, 1.165) is 28.6 Å². The zero-order valence-electron chi connectivity index (χ0n) is 8.63. The van der Waals surface area contributed by atoms with Gasteiger partial charge in [0.05, 0.1) is 5.52 Å². The molecule has 15 heavy (non-hydrogen) atoms. The number of benzene rings is 1. The van der Waals surface area contributed by atoms with E-state index in [4.69, 9.17) is 0 Å². The van der Waals surface area contributed by atoms with Crippen LogP contribution in [0.5, 0.6) is 0 Å². The summed E-state index contributed by atoms with van der Waals surface area (Å²) in [6.45, 7) is 0.965. The van der Waals surface area contributed by atoms with Crippen molar-refractivity contribution >= 4 is 26.8 Å². The Kier molecular flexibility index (Phi) is 3.34. The van der Waals surface area contributed by atoms with Crippen LogP contribution < -0.4 is 5.32 Å². The smallest absolute Gasteiger partial charge is 0.0716 e. The molecule has 1 N–H and O–H groups in total. The van der Waals surface area contributed by atoms with Crippen LogP contribution >= 0.6 is 15.9 Å². The van der Waals surface area contributed by atoms with E-state index in [1.54, 1.807) is 0 Å².